The Bertz CT molecular complexity index is 422. The van der Waals surface area contributed by atoms with Gasteiger partial charge in [-0.1, -0.05) is 5.16 Å². The van der Waals surface area contributed by atoms with Gasteiger partial charge in [-0.15, -0.1) is 0 Å². The predicted octanol–water partition coefficient (Wildman–Crippen LogP) is 1.75. The summed E-state index contributed by atoms with van der Waals surface area (Å²) < 4.78 is 4.88. The Kier molecular flexibility index (Phi) is 1.81. The Morgan fingerprint density at radius 3 is 2.77 bits per heavy atom. The molecule has 2 heterocycles. The standard InChI is InChI=1S/C9H9N3O/c1-6-5-8(3-4-10-6)9-11-7(2)13-12-9/h3-5H,1-2H3. The van der Waals surface area contributed by atoms with Crippen LogP contribution in [0, 0.1) is 13.8 Å². The molecule has 2 aromatic heterocycles. The van der Waals surface area contributed by atoms with E-state index in [1.54, 1.807) is 13.1 Å². The van der Waals surface area contributed by atoms with Crippen LogP contribution in [0.15, 0.2) is 22.9 Å². The van der Waals surface area contributed by atoms with Gasteiger partial charge in [-0.2, -0.15) is 4.98 Å². The minimum atomic E-state index is 0.574. The molecule has 0 radical (unpaired) electrons. The zero-order chi connectivity index (χ0) is 9.26. The quantitative estimate of drug-likeness (QED) is 0.662. The van der Waals surface area contributed by atoms with Crippen molar-refractivity contribution in [1.29, 1.82) is 0 Å². The Morgan fingerprint density at radius 2 is 2.15 bits per heavy atom. The molecule has 2 aromatic rings. The minimum Gasteiger partial charge on any atom is -0.339 e. The van der Waals surface area contributed by atoms with Crippen LogP contribution in [0.4, 0.5) is 0 Å². The van der Waals surface area contributed by atoms with Crippen molar-refractivity contribution in [1.82, 2.24) is 15.1 Å². The summed E-state index contributed by atoms with van der Waals surface area (Å²) in [6.07, 6.45) is 1.73. The summed E-state index contributed by atoms with van der Waals surface area (Å²) in [5, 5.41) is 3.81. The van der Waals surface area contributed by atoms with E-state index < -0.39 is 0 Å². The first kappa shape index (κ1) is 7.91. The van der Waals surface area contributed by atoms with Crippen LogP contribution in [-0.4, -0.2) is 15.1 Å². The number of aryl methyl sites for hydroxylation is 2. The maximum atomic E-state index is 4.88. The van der Waals surface area contributed by atoms with Gasteiger partial charge in [0.1, 0.15) is 0 Å². The summed E-state index contributed by atoms with van der Waals surface area (Å²) in [5.74, 6) is 1.19. The van der Waals surface area contributed by atoms with Crippen molar-refractivity contribution in [2.24, 2.45) is 0 Å². The number of aromatic nitrogens is 3. The van der Waals surface area contributed by atoms with Crippen molar-refractivity contribution in [3.8, 4) is 11.4 Å². The van der Waals surface area contributed by atoms with Crippen molar-refractivity contribution in [2.45, 2.75) is 13.8 Å². The first-order chi connectivity index (χ1) is 6.25. The number of pyridine rings is 1. The molecule has 66 valence electrons. The van der Waals surface area contributed by atoms with E-state index in [0.29, 0.717) is 11.7 Å². The molecule has 0 bridgehead atoms. The molecule has 0 aromatic carbocycles. The monoisotopic (exact) mass is 175 g/mol. The molecular formula is C9H9N3O. The third-order valence-electron chi connectivity index (χ3n) is 1.68. The Balaban J connectivity index is 2.46. The average Bonchev–Trinajstić information content (AvgIpc) is 2.52. The van der Waals surface area contributed by atoms with E-state index in [4.69, 9.17) is 4.52 Å². The van der Waals surface area contributed by atoms with Crippen molar-refractivity contribution < 1.29 is 4.52 Å². The third kappa shape index (κ3) is 1.56. The second-order valence-corrected chi connectivity index (χ2v) is 2.82. The van der Waals surface area contributed by atoms with Crippen LogP contribution in [0.25, 0.3) is 11.4 Å². The van der Waals surface area contributed by atoms with E-state index in [-0.39, 0.29) is 0 Å². The number of nitrogens with zero attached hydrogens (tertiary/aromatic N) is 3. The largest absolute Gasteiger partial charge is 0.339 e. The molecule has 0 spiro atoms. The summed E-state index contributed by atoms with van der Waals surface area (Å²) in [4.78, 5) is 8.20. The molecule has 0 unspecified atom stereocenters. The molecule has 0 amide bonds. The van der Waals surface area contributed by atoms with Crippen molar-refractivity contribution in [3.63, 3.8) is 0 Å². The maximum absolute atomic E-state index is 4.88. The van der Waals surface area contributed by atoms with Crippen LogP contribution in [0.5, 0.6) is 0 Å². The second-order valence-electron chi connectivity index (χ2n) is 2.82. The molecule has 0 saturated heterocycles. The Labute approximate surface area is 75.6 Å². The average molecular weight is 175 g/mol. The summed E-state index contributed by atoms with van der Waals surface area (Å²) >= 11 is 0. The smallest absolute Gasteiger partial charge is 0.223 e. The van der Waals surface area contributed by atoms with E-state index in [1.165, 1.54) is 0 Å². The maximum Gasteiger partial charge on any atom is 0.223 e. The summed E-state index contributed by atoms with van der Waals surface area (Å²) in [7, 11) is 0. The normalized spacial score (nSPS) is 10.3. The minimum absolute atomic E-state index is 0.574. The molecule has 13 heavy (non-hydrogen) atoms. The lowest BCUT2D eigenvalue weighted by Gasteiger charge is -1.94. The lowest BCUT2D eigenvalue weighted by molar-refractivity contribution is 0.394. The third-order valence-corrected chi connectivity index (χ3v) is 1.68. The first-order valence-corrected chi connectivity index (χ1v) is 3.99. The summed E-state index contributed by atoms with van der Waals surface area (Å²) in [6.45, 7) is 3.70. The molecule has 4 nitrogen and oxygen atoms in total. The van der Waals surface area contributed by atoms with Crippen LogP contribution in [0.2, 0.25) is 0 Å². The highest BCUT2D eigenvalue weighted by Crippen LogP contribution is 2.14. The van der Waals surface area contributed by atoms with E-state index in [1.807, 2.05) is 19.1 Å². The van der Waals surface area contributed by atoms with E-state index >= 15 is 0 Å². The van der Waals surface area contributed by atoms with Crippen LogP contribution in [0.3, 0.4) is 0 Å². The zero-order valence-electron chi connectivity index (χ0n) is 7.48. The molecule has 0 aliphatic rings. The molecular weight excluding hydrogens is 166 g/mol. The predicted molar refractivity (Wildman–Crippen MR) is 47.0 cm³/mol. The van der Waals surface area contributed by atoms with Gasteiger partial charge in [0.25, 0.3) is 0 Å². The van der Waals surface area contributed by atoms with Crippen molar-refractivity contribution in [3.05, 3.63) is 29.9 Å². The topological polar surface area (TPSA) is 51.8 Å². The van der Waals surface area contributed by atoms with Gasteiger partial charge in [0, 0.05) is 24.4 Å². The van der Waals surface area contributed by atoms with E-state index in [2.05, 4.69) is 15.1 Å². The van der Waals surface area contributed by atoms with Crippen LogP contribution in [-0.2, 0) is 0 Å². The van der Waals surface area contributed by atoms with Gasteiger partial charge in [-0.05, 0) is 19.1 Å². The van der Waals surface area contributed by atoms with Gasteiger partial charge in [0.2, 0.25) is 11.7 Å². The fraction of sp³-hybridized carbons (Fsp3) is 0.222. The highest BCUT2D eigenvalue weighted by atomic mass is 16.5. The van der Waals surface area contributed by atoms with Gasteiger partial charge in [-0.3, -0.25) is 4.98 Å². The summed E-state index contributed by atoms with van der Waals surface area (Å²) in [5.41, 5.74) is 1.88. The van der Waals surface area contributed by atoms with E-state index in [9.17, 15) is 0 Å². The first-order valence-electron chi connectivity index (χ1n) is 3.99. The fourth-order valence-corrected chi connectivity index (χ4v) is 1.10. The molecule has 0 saturated carbocycles. The van der Waals surface area contributed by atoms with Gasteiger partial charge < -0.3 is 4.52 Å². The van der Waals surface area contributed by atoms with Crippen LogP contribution < -0.4 is 0 Å². The van der Waals surface area contributed by atoms with Gasteiger partial charge >= 0.3 is 0 Å². The van der Waals surface area contributed by atoms with Gasteiger partial charge in [-0.25, -0.2) is 0 Å². The summed E-state index contributed by atoms with van der Waals surface area (Å²) in [6, 6.07) is 3.78. The lowest BCUT2D eigenvalue weighted by Crippen LogP contribution is -1.84. The highest BCUT2D eigenvalue weighted by Gasteiger charge is 2.04. The fourth-order valence-electron chi connectivity index (χ4n) is 1.10. The number of hydrogen-bond acceptors (Lipinski definition) is 4. The zero-order valence-corrected chi connectivity index (χ0v) is 7.48. The lowest BCUT2D eigenvalue weighted by atomic mass is 10.2. The van der Waals surface area contributed by atoms with Crippen LogP contribution in [0.1, 0.15) is 11.6 Å². The highest BCUT2D eigenvalue weighted by molar-refractivity contribution is 5.53. The van der Waals surface area contributed by atoms with E-state index in [0.717, 1.165) is 11.3 Å². The molecule has 0 fully saturated rings. The molecule has 0 aliphatic carbocycles. The molecule has 2 rings (SSSR count). The SMILES string of the molecule is Cc1cc(-c2noc(C)n2)ccn1. The van der Waals surface area contributed by atoms with Gasteiger partial charge in [0.15, 0.2) is 0 Å². The number of hydrogen-bond donors (Lipinski definition) is 0. The second kappa shape index (κ2) is 2.97. The molecule has 0 N–H and O–H groups in total. The Morgan fingerprint density at radius 1 is 1.31 bits per heavy atom. The van der Waals surface area contributed by atoms with Crippen molar-refractivity contribution >= 4 is 0 Å². The van der Waals surface area contributed by atoms with Crippen molar-refractivity contribution in [2.75, 3.05) is 0 Å². The molecule has 0 aliphatic heterocycles. The Hall–Kier alpha value is -1.71. The number of rotatable bonds is 1. The molecule has 4 heteroatoms. The molecule has 0 atom stereocenters. The van der Waals surface area contributed by atoms with Crippen LogP contribution >= 0.6 is 0 Å². The van der Waals surface area contributed by atoms with Gasteiger partial charge in [0.05, 0.1) is 0 Å².